The van der Waals surface area contributed by atoms with Crippen molar-refractivity contribution in [1.82, 2.24) is 4.98 Å². The molecule has 0 saturated heterocycles. The number of nitrogens with zero attached hydrogens (tertiary/aromatic N) is 1. The van der Waals surface area contributed by atoms with E-state index in [2.05, 4.69) is 9.72 Å². The molecule has 0 fully saturated rings. The molecular weight excluding hydrogens is 200 g/mol. The fourth-order valence-corrected chi connectivity index (χ4v) is 1.15. The standard InChI is InChI=1S/C9H10N2O4/c1-15-9(14,8(13)4-10)7-3-2-6(5-12)11-7/h2-3,5,8,11,13-14H,1H3. The molecule has 0 aliphatic carbocycles. The SMILES string of the molecule is COC(O)(c1ccc(C=O)[nH]1)C(O)C#N. The zero-order chi connectivity index (χ0) is 11.5. The summed E-state index contributed by atoms with van der Waals surface area (Å²) in [5.41, 5.74) is 0.256. The van der Waals surface area contributed by atoms with E-state index in [4.69, 9.17) is 5.26 Å². The third-order valence-corrected chi connectivity index (χ3v) is 2.03. The largest absolute Gasteiger partial charge is 0.373 e. The Hall–Kier alpha value is -1.68. The average Bonchev–Trinajstić information content (AvgIpc) is 2.75. The van der Waals surface area contributed by atoms with Crippen LogP contribution < -0.4 is 0 Å². The lowest BCUT2D eigenvalue weighted by Crippen LogP contribution is -2.40. The lowest BCUT2D eigenvalue weighted by molar-refractivity contribution is -0.239. The maximum atomic E-state index is 10.4. The molecule has 15 heavy (non-hydrogen) atoms. The molecular formula is C9H10N2O4. The smallest absolute Gasteiger partial charge is 0.248 e. The Labute approximate surface area is 85.7 Å². The van der Waals surface area contributed by atoms with Crippen molar-refractivity contribution >= 4 is 6.29 Å². The van der Waals surface area contributed by atoms with Crippen LogP contribution in [-0.2, 0) is 10.5 Å². The number of ether oxygens (including phenoxy) is 1. The van der Waals surface area contributed by atoms with Crippen LogP contribution >= 0.6 is 0 Å². The number of aromatic nitrogens is 1. The number of hydrogen-bond acceptors (Lipinski definition) is 5. The molecule has 0 radical (unpaired) electrons. The molecule has 6 nitrogen and oxygen atoms in total. The quantitative estimate of drug-likeness (QED) is 0.353. The molecule has 3 N–H and O–H groups in total. The molecule has 1 heterocycles. The van der Waals surface area contributed by atoms with Crippen molar-refractivity contribution < 1.29 is 19.7 Å². The molecule has 1 aromatic heterocycles. The lowest BCUT2D eigenvalue weighted by atomic mass is 10.1. The van der Waals surface area contributed by atoms with Gasteiger partial charge in [0.1, 0.15) is 6.07 Å². The van der Waals surface area contributed by atoms with Crippen molar-refractivity contribution in [3.8, 4) is 6.07 Å². The zero-order valence-corrected chi connectivity index (χ0v) is 7.97. The Bertz CT molecular complexity index is 395. The molecule has 0 aliphatic rings. The fourth-order valence-electron chi connectivity index (χ4n) is 1.15. The van der Waals surface area contributed by atoms with Gasteiger partial charge < -0.3 is 19.9 Å². The van der Waals surface area contributed by atoms with Crippen molar-refractivity contribution in [3.05, 3.63) is 23.5 Å². The number of methoxy groups -OCH3 is 1. The molecule has 0 aromatic carbocycles. The van der Waals surface area contributed by atoms with Gasteiger partial charge in [0.15, 0.2) is 6.29 Å². The minimum atomic E-state index is -2.16. The van der Waals surface area contributed by atoms with E-state index in [1.807, 2.05) is 0 Å². The van der Waals surface area contributed by atoms with Gasteiger partial charge in [0.2, 0.25) is 11.9 Å². The highest BCUT2D eigenvalue weighted by Gasteiger charge is 2.39. The van der Waals surface area contributed by atoms with Crippen LogP contribution in [0.1, 0.15) is 16.2 Å². The predicted octanol–water partition coefficient (Wildman–Crippen LogP) is -0.497. The Morgan fingerprint density at radius 1 is 1.73 bits per heavy atom. The number of carbonyl (C=O) groups is 1. The second-order valence-corrected chi connectivity index (χ2v) is 2.88. The van der Waals surface area contributed by atoms with Crippen LogP contribution in [0.25, 0.3) is 0 Å². The van der Waals surface area contributed by atoms with Gasteiger partial charge in [0, 0.05) is 7.11 Å². The first-order chi connectivity index (χ1) is 7.08. The number of H-pyrrole nitrogens is 1. The number of nitrogens with one attached hydrogen (secondary N) is 1. The number of rotatable bonds is 4. The van der Waals surface area contributed by atoms with Gasteiger partial charge in [-0.25, -0.2) is 0 Å². The molecule has 0 aliphatic heterocycles. The van der Waals surface area contributed by atoms with E-state index in [1.165, 1.54) is 18.2 Å². The molecule has 0 saturated carbocycles. The fraction of sp³-hybridized carbons (Fsp3) is 0.333. The van der Waals surface area contributed by atoms with Crippen LogP contribution in [-0.4, -0.2) is 34.7 Å². The van der Waals surface area contributed by atoms with Crippen molar-refractivity contribution in [2.45, 2.75) is 11.9 Å². The van der Waals surface area contributed by atoms with Crippen LogP contribution in [0, 0.1) is 11.3 Å². The second-order valence-electron chi connectivity index (χ2n) is 2.88. The molecule has 2 atom stereocenters. The molecule has 0 spiro atoms. The van der Waals surface area contributed by atoms with E-state index < -0.39 is 11.9 Å². The highest BCUT2D eigenvalue weighted by molar-refractivity contribution is 5.72. The Balaban J connectivity index is 3.11. The normalized spacial score (nSPS) is 16.4. The van der Waals surface area contributed by atoms with Gasteiger partial charge in [-0.2, -0.15) is 5.26 Å². The minimum Gasteiger partial charge on any atom is -0.373 e. The predicted molar refractivity (Wildman–Crippen MR) is 48.7 cm³/mol. The van der Waals surface area contributed by atoms with E-state index in [1.54, 1.807) is 0 Å². The van der Waals surface area contributed by atoms with Crippen molar-refractivity contribution in [3.63, 3.8) is 0 Å². The van der Waals surface area contributed by atoms with Gasteiger partial charge in [0.25, 0.3) is 0 Å². The van der Waals surface area contributed by atoms with Crippen molar-refractivity contribution in [2.24, 2.45) is 0 Å². The number of aldehydes is 1. The van der Waals surface area contributed by atoms with Gasteiger partial charge in [-0.15, -0.1) is 0 Å². The topological polar surface area (TPSA) is 106 Å². The Morgan fingerprint density at radius 3 is 2.80 bits per heavy atom. The summed E-state index contributed by atoms with van der Waals surface area (Å²) in [6.45, 7) is 0. The van der Waals surface area contributed by atoms with Gasteiger partial charge in [-0.05, 0) is 12.1 Å². The van der Waals surface area contributed by atoms with Crippen LogP contribution in [0.5, 0.6) is 0 Å². The highest BCUT2D eigenvalue weighted by Crippen LogP contribution is 2.24. The molecule has 1 aromatic rings. The number of aliphatic hydroxyl groups is 2. The number of aromatic amines is 1. The van der Waals surface area contributed by atoms with Crippen LogP contribution in [0.4, 0.5) is 0 Å². The molecule has 80 valence electrons. The van der Waals surface area contributed by atoms with E-state index >= 15 is 0 Å². The number of carbonyl (C=O) groups excluding carboxylic acids is 1. The first kappa shape index (κ1) is 11.4. The lowest BCUT2D eigenvalue weighted by Gasteiger charge is -2.26. The maximum Gasteiger partial charge on any atom is 0.248 e. The van der Waals surface area contributed by atoms with Gasteiger partial charge in [0.05, 0.1) is 11.4 Å². The average molecular weight is 210 g/mol. The molecule has 2 unspecified atom stereocenters. The van der Waals surface area contributed by atoms with Crippen molar-refractivity contribution in [2.75, 3.05) is 7.11 Å². The van der Waals surface area contributed by atoms with Gasteiger partial charge in [-0.3, -0.25) is 4.79 Å². The summed E-state index contributed by atoms with van der Waals surface area (Å²) in [6, 6.07) is 4.21. The highest BCUT2D eigenvalue weighted by atomic mass is 16.6. The monoisotopic (exact) mass is 210 g/mol. The minimum absolute atomic E-state index is 0.0427. The number of aliphatic hydroxyl groups excluding tert-OH is 1. The Kier molecular flexibility index (Phi) is 3.21. The third kappa shape index (κ3) is 1.89. The summed E-state index contributed by atoms with van der Waals surface area (Å²) in [5.74, 6) is -2.16. The summed E-state index contributed by atoms with van der Waals surface area (Å²) in [7, 11) is 1.14. The molecule has 6 heteroatoms. The summed E-state index contributed by atoms with van der Waals surface area (Å²) >= 11 is 0. The first-order valence-electron chi connectivity index (χ1n) is 4.08. The molecule has 0 amide bonds. The van der Waals surface area contributed by atoms with Crippen LogP contribution in [0.2, 0.25) is 0 Å². The summed E-state index contributed by atoms with van der Waals surface area (Å²) in [5, 5.41) is 27.6. The number of nitriles is 1. The summed E-state index contributed by atoms with van der Waals surface area (Å²) in [4.78, 5) is 12.9. The van der Waals surface area contributed by atoms with E-state index in [9.17, 15) is 15.0 Å². The van der Waals surface area contributed by atoms with E-state index in [0.29, 0.717) is 6.29 Å². The van der Waals surface area contributed by atoms with Crippen molar-refractivity contribution in [1.29, 1.82) is 5.26 Å². The summed E-state index contributed by atoms with van der Waals surface area (Å²) < 4.78 is 4.67. The number of hydrogen-bond donors (Lipinski definition) is 3. The first-order valence-corrected chi connectivity index (χ1v) is 4.08. The molecule has 0 bridgehead atoms. The molecule has 1 rings (SSSR count). The van der Waals surface area contributed by atoms with Gasteiger partial charge in [-0.1, -0.05) is 0 Å². The summed E-state index contributed by atoms with van der Waals surface area (Å²) in [6.07, 6.45) is -1.21. The zero-order valence-electron chi connectivity index (χ0n) is 7.97. The third-order valence-electron chi connectivity index (χ3n) is 2.03. The second kappa shape index (κ2) is 4.23. The van der Waals surface area contributed by atoms with Gasteiger partial charge >= 0.3 is 0 Å². The maximum absolute atomic E-state index is 10.4. The van der Waals surface area contributed by atoms with E-state index in [0.717, 1.165) is 7.11 Å². The van der Waals surface area contributed by atoms with E-state index in [-0.39, 0.29) is 11.4 Å². The van der Waals surface area contributed by atoms with Crippen LogP contribution in [0.15, 0.2) is 12.1 Å². The Morgan fingerprint density at radius 2 is 2.40 bits per heavy atom. The van der Waals surface area contributed by atoms with Crippen LogP contribution in [0.3, 0.4) is 0 Å².